The first kappa shape index (κ1) is 28.5. The lowest BCUT2D eigenvalue weighted by atomic mass is 10.2. The average Bonchev–Trinajstić information content (AvgIpc) is 3.56. The normalized spacial score (nSPS) is 10.9. The highest BCUT2D eigenvalue weighted by Crippen LogP contribution is 2.32. The van der Waals surface area contributed by atoms with E-state index >= 15 is 0 Å². The number of nitrogens with zero attached hydrogens (tertiary/aromatic N) is 4. The van der Waals surface area contributed by atoms with Gasteiger partial charge in [-0.3, -0.25) is 0 Å². The van der Waals surface area contributed by atoms with Gasteiger partial charge in [0.2, 0.25) is 0 Å². The maximum absolute atomic E-state index is 14.3. The number of rotatable bonds is 9. The van der Waals surface area contributed by atoms with Gasteiger partial charge in [-0.1, -0.05) is 0 Å². The van der Waals surface area contributed by atoms with Crippen molar-refractivity contribution in [1.82, 2.24) is 19.9 Å². The first-order valence-electron chi connectivity index (χ1n) is 12.1. The lowest BCUT2D eigenvalue weighted by Gasteiger charge is -2.29. The van der Waals surface area contributed by atoms with Crippen molar-refractivity contribution in [3.05, 3.63) is 90.0 Å². The highest BCUT2D eigenvalue weighted by atomic mass is 19.1. The largest absolute Gasteiger partial charge is 0.491 e. The maximum Gasteiger partial charge on any atom is 0.192 e. The molecule has 2 N–H and O–H groups in total. The molecule has 0 bridgehead atoms. The molecule has 204 valence electrons. The highest BCUT2D eigenvalue weighted by molar-refractivity contribution is 5.54. The fraction of sp³-hybridized carbons (Fsp3) is 0.333. The van der Waals surface area contributed by atoms with E-state index < -0.39 is 23.3 Å². The molecule has 0 radical (unpaired) electrons. The van der Waals surface area contributed by atoms with Crippen molar-refractivity contribution in [1.29, 1.82) is 0 Å². The zero-order valence-electron chi connectivity index (χ0n) is 22.0. The van der Waals surface area contributed by atoms with Gasteiger partial charge in [-0.15, -0.1) is 0 Å². The third-order valence-corrected chi connectivity index (χ3v) is 5.76. The molecule has 0 amide bonds. The van der Waals surface area contributed by atoms with Crippen LogP contribution in [0.3, 0.4) is 0 Å². The van der Waals surface area contributed by atoms with Gasteiger partial charge >= 0.3 is 0 Å². The zero-order chi connectivity index (χ0) is 27.8. The summed E-state index contributed by atoms with van der Waals surface area (Å²) >= 11 is 0. The lowest BCUT2D eigenvalue weighted by molar-refractivity contribution is 0.359. The van der Waals surface area contributed by atoms with Gasteiger partial charge in [0.15, 0.2) is 17.4 Å². The molecular weight excluding hydrogens is 500 g/mol. The quantitative estimate of drug-likeness (QED) is 0.251. The van der Waals surface area contributed by atoms with Gasteiger partial charge in [0.25, 0.3) is 0 Å². The van der Waals surface area contributed by atoms with Gasteiger partial charge in [0, 0.05) is 36.2 Å². The number of aromatic nitrogens is 4. The van der Waals surface area contributed by atoms with E-state index in [0.29, 0.717) is 24.5 Å². The molecule has 0 aliphatic carbocycles. The van der Waals surface area contributed by atoms with E-state index in [1.54, 1.807) is 25.0 Å². The van der Waals surface area contributed by atoms with Crippen LogP contribution < -0.4 is 14.5 Å². The molecule has 11 heteroatoms. The molecule has 0 atom stereocenters. The monoisotopic (exact) mass is 532 g/mol. The molecule has 4 aromatic rings. The van der Waals surface area contributed by atoms with Gasteiger partial charge in [-0.2, -0.15) is 0 Å². The Morgan fingerprint density at radius 2 is 1.32 bits per heavy atom. The van der Waals surface area contributed by atoms with Crippen LogP contribution in [0.25, 0.3) is 0 Å². The summed E-state index contributed by atoms with van der Waals surface area (Å²) in [6.45, 7) is 8.79. The van der Waals surface area contributed by atoms with Crippen molar-refractivity contribution < 1.29 is 22.3 Å². The van der Waals surface area contributed by atoms with E-state index in [2.05, 4.69) is 19.9 Å². The predicted octanol–water partition coefficient (Wildman–Crippen LogP) is 6.21. The van der Waals surface area contributed by atoms with Crippen LogP contribution in [0.15, 0.2) is 55.4 Å². The Morgan fingerprint density at radius 3 is 1.76 bits per heavy atom. The molecular formula is C27H32F4N6O. The summed E-state index contributed by atoms with van der Waals surface area (Å²) < 4.78 is 59.1. The van der Waals surface area contributed by atoms with Gasteiger partial charge in [0.1, 0.15) is 11.6 Å². The van der Waals surface area contributed by atoms with Crippen molar-refractivity contribution in [3.63, 3.8) is 0 Å². The van der Waals surface area contributed by atoms with Crippen LogP contribution in [0, 0.1) is 23.3 Å². The summed E-state index contributed by atoms with van der Waals surface area (Å²) in [4.78, 5) is 17.5. The van der Waals surface area contributed by atoms with Crippen molar-refractivity contribution in [2.75, 3.05) is 16.9 Å². The Labute approximate surface area is 219 Å². The fourth-order valence-electron chi connectivity index (χ4n) is 3.86. The van der Waals surface area contributed by atoms with Crippen LogP contribution >= 0.6 is 0 Å². The Bertz CT molecular complexity index is 1260. The van der Waals surface area contributed by atoms with Crippen LogP contribution in [-0.4, -0.2) is 39.1 Å². The number of ether oxygens (including phenoxy) is 1. The van der Waals surface area contributed by atoms with Crippen molar-refractivity contribution >= 4 is 11.4 Å². The third-order valence-electron chi connectivity index (χ3n) is 5.76. The first-order valence-corrected chi connectivity index (χ1v) is 12.1. The van der Waals surface area contributed by atoms with E-state index in [9.17, 15) is 17.6 Å². The standard InChI is InChI=1S/C14H17F2N3O.C13H15F2N3/c1-9(2)19(7-10-6-17-8-18-10)12-5-4-11(15)14(20-3)13(12)16;1-9(2)18(7-12-6-16-8-17-12)13-4-10(14)3-11(15)5-13/h4-6,8-9H,7H2,1-3H3,(H,17,18);3-6,8-9H,7H2,1-2H3,(H,16,17). The van der Waals surface area contributed by atoms with E-state index in [-0.39, 0.29) is 17.8 Å². The summed E-state index contributed by atoms with van der Waals surface area (Å²) in [5.41, 5.74) is 2.57. The van der Waals surface area contributed by atoms with Crippen molar-refractivity contribution in [3.8, 4) is 5.75 Å². The lowest BCUT2D eigenvalue weighted by Crippen LogP contribution is -2.31. The number of benzene rings is 2. The Balaban J connectivity index is 0.000000212. The highest BCUT2D eigenvalue weighted by Gasteiger charge is 2.21. The topological polar surface area (TPSA) is 73.1 Å². The Morgan fingerprint density at radius 1 is 0.789 bits per heavy atom. The van der Waals surface area contributed by atoms with Crippen LogP contribution in [0.4, 0.5) is 28.9 Å². The molecule has 0 saturated carbocycles. The van der Waals surface area contributed by atoms with E-state index in [1.807, 2.05) is 37.5 Å². The van der Waals surface area contributed by atoms with Crippen molar-refractivity contribution in [2.45, 2.75) is 52.9 Å². The van der Waals surface area contributed by atoms with Crippen molar-refractivity contribution in [2.24, 2.45) is 0 Å². The number of halogens is 4. The second-order valence-corrected chi connectivity index (χ2v) is 9.14. The number of nitrogens with one attached hydrogen (secondary N) is 2. The van der Waals surface area contributed by atoms with Crippen LogP contribution in [0.1, 0.15) is 39.1 Å². The summed E-state index contributed by atoms with van der Waals surface area (Å²) in [7, 11) is 1.25. The van der Waals surface area contributed by atoms with Crippen LogP contribution in [0.5, 0.6) is 5.75 Å². The first-order chi connectivity index (χ1) is 18.1. The molecule has 4 rings (SSSR count). The average molecular weight is 533 g/mol. The number of methoxy groups -OCH3 is 1. The number of hydrogen-bond acceptors (Lipinski definition) is 5. The molecule has 38 heavy (non-hydrogen) atoms. The summed E-state index contributed by atoms with van der Waals surface area (Å²) in [6, 6.07) is 6.32. The number of imidazole rings is 2. The molecule has 0 aliphatic rings. The molecule has 0 fully saturated rings. The number of hydrogen-bond donors (Lipinski definition) is 2. The van der Waals surface area contributed by atoms with Gasteiger partial charge in [-0.05, 0) is 52.0 Å². The molecule has 0 unspecified atom stereocenters. The van der Waals surface area contributed by atoms with Crippen LogP contribution in [-0.2, 0) is 13.1 Å². The number of H-pyrrole nitrogens is 2. The SMILES string of the molecule is CC(C)N(Cc1cnc[nH]1)c1cc(F)cc(F)c1.COc1c(F)ccc(N(Cc2cnc[nH]2)C(C)C)c1F. The second-order valence-electron chi connectivity index (χ2n) is 9.14. The fourth-order valence-corrected chi connectivity index (χ4v) is 3.86. The molecule has 2 aromatic heterocycles. The maximum atomic E-state index is 14.3. The summed E-state index contributed by atoms with van der Waals surface area (Å²) in [6.07, 6.45) is 6.52. The third kappa shape index (κ3) is 7.27. The number of aromatic amines is 2. The second kappa shape index (κ2) is 13.0. The summed E-state index contributed by atoms with van der Waals surface area (Å²) in [5, 5.41) is 0. The molecule has 0 saturated heterocycles. The molecule has 2 aromatic carbocycles. The smallest absolute Gasteiger partial charge is 0.192 e. The van der Waals surface area contributed by atoms with E-state index in [4.69, 9.17) is 4.74 Å². The minimum absolute atomic E-state index is 0.0305. The molecule has 0 aliphatic heterocycles. The molecule has 0 spiro atoms. The van der Waals surface area contributed by atoms with Gasteiger partial charge < -0.3 is 24.5 Å². The zero-order valence-corrected chi connectivity index (χ0v) is 22.0. The molecule has 2 heterocycles. The van der Waals surface area contributed by atoms with E-state index in [1.165, 1.54) is 31.4 Å². The number of anilines is 2. The predicted molar refractivity (Wildman–Crippen MR) is 139 cm³/mol. The van der Waals surface area contributed by atoms with Gasteiger partial charge in [-0.25, -0.2) is 27.5 Å². The Hall–Kier alpha value is -4.02. The Kier molecular flexibility index (Phi) is 9.75. The minimum atomic E-state index is -0.709. The molecule has 7 nitrogen and oxygen atoms in total. The minimum Gasteiger partial charge on any atom is -0.491 e. The van der Waals surface area contributed by atoms with E-state index in [0.717, 1.165) is 17.5 Å². The van der Waals surface area contributed by atoms with Gasteiger partial charge in [0.05, 0.1) is 49.9 Å². The van der Waals surface area contributed by atoms with Crippen LogP contribution in [0.2, 0.25) is 0 Å². The summed E-state index contributed by atoms with van der Waals surface area (Å²) in [5.74, 6) is -2.90.